The van der Waals surface area contributed by atoms with Crippen molar-refractivity contribution < 1.29 is 13.2 Å². The summed E-state index contributed by atoms with van der Waals surface area (Å²) in [6, 6.07) is 6.50. The molecule has 0 bridgehead atoms. The molecule has 1 aliphatic rings. The van der Waals surface area contributed by atoms with Crippen molar-refractivity contribution >= 4 is 10.0 Å². The molecule has 5 nitrogen and oxygen atoms in total. The van der Waals surface area contributed by atoms with Crippen LogP contribution in [0, 0.1) is 5.41 Å². The van der Waals surface area contributed by atoms with Crippen LogP contribution >= 0.6 is 0 Å². The Morgan fingerprint density at radius 2 is 1.95 bits per heavy atom. The standard InChI is InChI=1S/C15H24N2O3S/c1-15(8-2-9-15)12-17-21(18,19)14-6-4-13(5-7-14)20-11-3-10-16/h4-7,17H,2-3,8-12,16H2,1H3. The Morgan fingerprint density at radius 3 is 2.48 bits per heavy atom. The fraction of sp³-hybridized carbons (Fsp3) is 0.600. The second-order valence-electron chi connectivity index (χ2n) is 5.95. The van der Waals surface area contributed by atoms with E-state index in [2.05, 4.69) is 11.6 Å². The lowest BCUT2D eigenvalue weighted by Crippen LogP contribution is -2.39. The Morgan fingerprint density at radius 1 is 1.29 bits per heavy atom. The summed E-state index contributed by atoms with van der Waals surface area (Å²) < 4.78 is 32.6. The number of nitrogens with two attached hydrogens (primary N) is 1. The fourth-order valence-electron chi connectivity index (χ4n) is 2.30. The first kappa shape index (κ1) is 16.3. The van der Waals surface area contributed by atoms with Gasteiger partial charge in [-0.1, -0.05) is 13.3 Å². The van der Waals surface area contributed by atoms with Gasteiger partial charge in [-0.3, -0.25) is 0 Å². The van der Waals surface area contributed by atoms with E-state index < -0.39 is 10.0 Å². The number of nitrogens with one attached hydrogen (secondary N) is 1. The van der Waals surface area contributed by atoms with Crippen molar-refractivity contribution in [1.82, 2.24) is 4.72 Å². The Kier molecular flexibility index (Phi) is 5.24. The van der Waals surface area contributed by atoms with Crippen molar-refractivity contribution in [3.8, 4) is 5.75 Å². The molecule has 0 atom stereocenters. The summed E-state index contributed by atoms with van der Waals surface area (Å²) in [7, 11) is -3.44. The molecule has 1 fully saturated rings. The van der Waals surface area contributed by atoms with Gasteiger partial charge in [0.15, 0.2) is 0 Å². The lowest BCUT2D eigenvalue weighted by molar-refractivity contribution is 0.166. The molecule has 3 N–H and O–H groups in total. The maximum atomic E-state index is 12.2. The van der Waals surface area contributed by atoms with E-state index in [0.717, 1.165) is 19.3 Å². The highest BCUT2D eigenvalue weighted by Crippen LogP contribution is 2.39. The number of ether oxygens (including phenoxy) is 1. The molecule has 0 radical (unpaired) electrons. The number of benzene rings is 1. The largest absolute Gasteiger partial charge is 0.494 e. The van der Waals surface area contributed by atoms with Gasteiger partial charge in [-0.25, -0.2) is 13.1 Å². The van der Waals surface area contributed by atoms with E-state index in [0.29, 0.717) is 25.4 Å². The minimum atomic E-state index is -3.44. The summed E-state index contributed by atoms with van der Waals surface area (Å²) in [5.74, 6) is 0.661. The second kappa shape index (κ2) is 6.77. The number of hydrogen-bond donors (Lipinski definition) is 2. The molecule has 2 rings (SSSR count). The molecular weight excluding hydrogens is 288 g/mol. The summed E-state index contributed by atoms with van der Waals surface area (Å²) in [5, 5.41) is 0. The average molecular weight is 312 g/mol. The van der Waals surface area contributed by atoms with Gasteiger partial charge in [-0.15, -0.1) is 0 Å². The zero-order valence-corrected chi connectivity index (χ0v) is 13.3. The predicted octanol–water partition coefficient (Wildman–Crippen LogP) is 1.88. The van der Waals surface area contributed by atoms with Crippen molar-refractivity contribution in [3.05, 3.63) is 24.3 Å². The third kappa shape index (κ3) is 4.43. The molecule has 1 aromatic carbocycles. The molecule has 0 heterocycles. The first-order chi connectivity index (χ1) is 9.95. The number of rotatable bonds is 8. The van der Waals surface area contributed by atoms with Crippen LogP contribution in [0.1, 0.15) is 32.6 Å². The summed E-state index contributed by atoms with van der Waals surface area (Å²) in [6.07, 6.45) is 4.14. The van der Waals surface area contributed by atoms with Crippen molar-refractivity contribution in [1.29, 1.82) is 0 Å². The van der Waals surface area contributed by atoms with E-state index in [-0.39, 0.29) is 10.3 Å². The Balaban J connectivity index is 1.93. The van der Waals surface area contributed by atoms with Crippen LogP contribution in [-0.2, 0) is 10.0 Å². The van der Waals surface area contributed by atoms with E-state index >= 15 is 0 Å². The lowest BCUT2D eigenvalue weighted by atomic mass is 9.71. The minimum absolute atomic E-state index is 0.123. The van der Waals surface area contributed by atoms with Crippen LogP contribution in [0.15, 0.2) is 29.2 Å². The van der Waals surface area contributed by atoms with Crippen LogP contribution in [0.2, 0.25) is 0 Å². The van der Waals surface area contributed by atoms with E-state index in [1.165, 1.54) is 6.42 Å². The van der Waals surface area contributed by atoms with Crippen LogP contribution in [-0.4, -0.2) is 28.1 Å². The maximum absolute atomic E-state index is 12.2. The normalized spacial score (nSPS) is 17.2. The van der Waals surface area contributed by atoms with Gasteiger partial charge in [0.25, 0.3) is 0 Å². The molecule has 0 saturated heterocycles. The highest BCUT2D eigenvalue weighted by Gasteiger charge is 2.32. The molecule has 0 unspecified atom stereocenters. The molecule has 1 saturated carbocycles. The van der Waals surface area contributed by atoms with Gasteiger partial charge in [0, 0.05) is 6.54 Å². The topological polar surface area (TPSA) is 81.4 Å². The van der Waals surface area contributed by atoms with Gasteiger partial charge in [0.05, 0.1) is 11.5 Å². The van der Waals surface area contributed by atoms with Crippen LogP contribution in [0.5, 0.6) is 5.75 Å². The SMILES string of the molecule is CC1(CNS(=O)(=O)c2ccc(OCCCN)cc2)CCC1. The number of hydrogen-bond acceptors (Lipinski definition) is 4. The molecule has 1 aliphatic carbocycles. The number of sulfonamides is 1. The molecule has 0 spiro atoms. The molecule has 21 heavy (non-hydrogen) atoms. The van der Waals surface area contributed by atoms with Crippen molar-refractivity contribution in [3.63, 3.8) is 0 Å². The molecule has 118 valence electrons. The maximum Gasteiger partial charge on any atom is 0.240 e. The first-order valence-electron chi connectivity index (χ1n) is 7.38. The second-order valence-corrected chi connectivity index (χ2v) is 7.72. The average Bonchev–Trinajstić information content (AvgIpc) is 2.44. The van der Waals surface area contributed by atoms with E-state index in [9.17, 15) is 8.42 Å². The molecule has 0 amide bonds. The Hall–Kier alpha value is -1.11. The monoisotopic (exact) mass is 312 g/mol. The highest BCUT2D eigenvalue weighted by molar-refractivity contribution is 7.89. The smallest absolute Gasteiger partial charge is 0.240 e. The van der Waals surface area contributed by atoms with Gasteiger partial charge in [0.2, 0.25) is 10.0 Å². The van der Waals surface area contributed by atoms with Crippen molar-refractivity contribution in [2.45, 2.75) is 37.5 Å². The molecule has 6 heteroatoms. The van der Waals surface area contributed by atoms with Gasteiger partial charge < -0.3 is 10.5 Å². The van der Waals surface area contributed by atoms with Gasteiger partial charge in [0.1, 0.15) is 5.75 Å². The molecular formula is C15H24N2O3S. The van der Waals surface area contributed by atoms with E-state index in [1.54, 1.807) is 24.3 Å². The summed E-state index contributed by atoms with van der Waals surface area (Å²) in [6.45, 7) is 3.74. The summed E-state index contributed by atoms with van der Waals surface area (Å²) in [4.78, 5) is 0.275. The van der Waals surface area contributed by atoms with Crippen molar-refractivity contribution in [2.24, 2.45) is 11.1 Å². The molecule has 0 aliphatic heterocycles. The third-order valence-corrected chi connectivity index (χ3v) is 5.42. The molecule has 0 aromatic heterocycles. The fourth-order valence-corrected chi connectivity index (χ4v) is 3.50. The third-order valence-electron chi connectivity index (χ3n) is 4.00. The summed E-state index contributed by atoms with van der Waals surface area (Å²) >= 11 is 0. The summed E-state index contributed by atoms with van der Waals surface area (Å²) in [5.41, 5.74) is 5.51. The van der Waals surface area contributed by atoms with Crippen LogP contribution in [0.4, 0.5) is 0 Å². The lowest BCUT2D eigenvalue weighted by Gasteiger charge is -2.38. The predicted molar refractivity (Wildman–Crippen MR) is 82.8 cm³/mol. The zero-order valence-electron chi connectivity index (χ0n) is 12.5. The van der Waals surface area contributed by atoms with Gasteiger partial charge >= 0.3 is 0 Å². The van der Waals surface area contributed by atoms with Crippen LogP contribution < -0.4 is 15.2 Å². The van der Waals surface area contributed by atoms with Gasteiger partial charge in [-0.05, 0) is 55.5 Å². The Bertz CT molecular complexity index is 551. The van der Waals surface area contributed by atoms with E-state index in [1.807, 2.05) is 0 Å². The Labute approximate surface area is 126 Å². The quantitative estimate of drug-likeness (QED) is 0.718. The van der Waals surface area contributed by atoms with Gasteiger partial charge in [-0.2, -0.15) is 0 Å². The zero-order chi connectivity index (χ0) is 15.3. The van der Waals surface area contributed by atoms with Crippen LogP contribution in [0.3, 0.4) is 0 Å². The highest BCUT2D eigenvalue weighted by atomic mass is 32.2. The van der Waals surface area contributed by atoms with E-state index in [4.69, 9.17) is 10.5 Å². The minimum Gasteiger partial charge on any atom is -0.494 e. The van der Waals surface area contributed by atoms with Crippen molar-refractivity contribution in [2.75, 3.05) is 19.7 Å². The molecule has 1 aromatic rings. The first-order valence-corrected chi connectivity index (χ1v) is 8.86. The van der Waals surface area contributed by atoms with Crippen LogP contribution in [0.25, 0.3) is 0 Å².